The van der Waals surface area contributed by atoms with Gasteiger partial charge in [-0.3, -0.25) is 4.79 Å². The molecule has 1 saturated heterocycles. The van der Waals surface area contributed by atoms with Crippen molar-refractivity contribution < 1.29 is 13.2 Å². The minimum atomic E-state index is -3.17. The molecule has 2 heterocycles. The molecule has 26 heavy (non-hydrogen) atoms. The number of nitrogens with one attached hydrogen (secondary N) is 1. The standard InChI is InChI=1S/C18H21ClN2O3S2/c1-2-26(23,24)15-5-3-14(4-6-15)21-11-9-13(10-12-21)20-18(22)16-7-8-17(19)25-16/h3-8,13H,2,9-12H2,1H3,(H,20,22). The van der Waals surface area contributed by atoms with E-state index >= 15 is 0 Å². The Kier molecular flexibility index (Phi) is 5.89. The summed E-state index contributed by atoms with van der Waals surface area (Å²) >= 11 is 7.16. The molecule has 1 aromatic heterocycles. The van der Waals surface area contributed by atoms with E-state index in [0.29, 0.717) is 14.1 Å². The number of anilines is 1. The summed E-state index contributed by atoms with van der Waals surface area (Å²) in [6, 6.07) is 10.7. The second-order valence-corrected chi connectivity index (χ2v) is 10.2. The predicted octanol–water partition coefficient (Wildman–Crippen LogP) is 3.59. The maximum absolute atomic E-state index is 12.2. The third kappa shape index (κ3) is 4.39. The molecule has 1 fully saturated rings. The zero-order valence-electron chi connectivity index (χ0n) is 14.4. The van der Waals surface area contributed by atoms with Crippen LogP contribution in [0.5, 0.6) is 0 Å². The van der Waals surface area contributed by atoms with Gasteiger partial charge in [-0.2, -0.15) is 0 Å². The van der Waals surface area contributed by atoms with Crippen molar-refractivity contribution in [3.8, 4) is 0 Å². The van der Waals surface area contributed by atoms with Gasteiger partial charge >= 0.3 is 0 Å². The Morgan fingerprint density at radius 2 is 1.85 bits per heavy atom. The summed E-state index contributed by atoms with van der Waals surface area (Å²) in [5.74, 6) is 0.0295. The van der Waals surface area contributed by atoms with Gasteiger partial charge in [0.25, 0.3) is 5.91 Å². The zero-order valence-corrected chi connectivity index (χ0v) is 16.8. The van der Waals surface area contributed by atoms with Crippen LogP contribution >= 0.6 is 22.9 Å². The molecule has 0 aliphatic carbocycles. The van der Waals surface area contributed by atoms with Gasteiger partial charge in [0.1, 0.15) is 0 Å². The first-order valence-electron chi connectivity index (χ1n) is 8.53. The lowest BCUT2D eigenvalue weighted by atomic mass is 10.0. The number of sulfone groups is 1. The molecule has 140 valence electrons. The monoisotopic (exact) mass is 412 g/mol. The van der Waals surface area contributed by atoms with Gasteiger partial charge in [0, 0.05) is 24.8 Å². The smallest absolute Gasteiger partial charge is 0.261 e. The number of nitrogens with zero attached hydrogens (tertiary/aromatic N) is 1. The van der Waals surface area contributed by atoms with E-state index in [1.807, 2.05) is 12.1 Å². The highest BCUT2D eigenvalue weighted by Crippen LogP contribution is 2.24. The van der Waals surface area contributed by atoms with Gasteiger partial charge in [0.15, 0.2) is 9.84 Å². The molecule has 1 aliphatic heterocycles. The molecule has 1 amide bonds. The van der Waals surface area contributed by atoms with Crippen LogP contribution in [0.25, 0.3) is 0 Å². The van der Waals surface area contributed by atoms with Crippen molar-refractivity contribution in [2.45, 2.75) is 30.7 Å². The summed E-state index contributed by atoms with van der Waals surface area (Å²) in [5, 5.41) is 3.06. The van der Waals surface area contributed by atoms with Crippen LogP contribution in [0.15, 0.2) is 41.3 Å². The fourth-order valence-electron chi connectivity index (χ4n) is 3.01. The Morgan fingerprint density at radius 1 is 1.19 bits per heavy atom. The van der Waals surface area contributed by atoms with Gasteiger partial charge in [0.05, 0.1) is 19.9 Å². The van der Waals surface area contributed by atoms with Crippen LogP contribution in [0.1, 0.15) is 29.4 Å². The van der Waals surface area contributed by atoms with Gasteiger partial charge in [0.2, 0.25) is 0 Å². The molecule has 1 N–H and O–H groups in total. The third-order valence-electron chi connectivity index (χ3n) is 4.57. The van der Waals surface area contributed by atoms with Crippen LogP contribution in [0.2, 0.25) is 4.34 Å². The maximum Gasteiger partial charge on any atom is 0.261 e. The fraction of sp³-hybridized carbons (Fsp3) is 0.389. The number of halogens is 1. The van der Waals surface area contributed by atoms with E-state index in [9.17, 15) is 13.2 Å². The first-order chi connectivity index (χ1) is 12.4. The average Bonchev–Trinajstić information content (AvgIpc) is 3.09. The Bertz CT molecular complexity index is 870. The molecule has 5 nitrogen and oxygen atoms in total. The number of carbonyl (C=O) groups excluding carboxylic acids is 1. The van der Waals surface area contributed by atoms with E-state index < -0.39 is 9.84 Å². The van der Waals surface area contributed by atoms with Gasteiger partial charge in [-0.25, -0.2) is 8.42 Å². The Labute approximate surface area is 162 Å². The molecule has 0 spiro atoms. The van der Waals surface area contributed by atoms with Crippen molar-refractivity contribution in [3.05, 3.63) is 45.6 Å². The summed E-state index contributed by atoms with van der Waals surface area (Å²) in [5.41, 5.74) is 1.01. The summed E-state index contributed by atoms with van der Waals surface area (Å²) < 4.78 is 24.4. The van der Waals surface area contributed by atoms with Crippen molar-refractivity contribution in [3.63, 3.8) is 0 Å². The molecule has 0 unspecified atom stereocenters. The highest BCUT2D eigenvalue weighted by molar-refractivity contribution is 7.91. The zero-order chi connectivity index (χ0) is 18.7. The number of hydrogen-bond acceptors (Lipinski definition) is 5. The van der Waals surface area contributed by atoms with E-state index in [2.05, 4.69) is 10.2 Å². The number of amides is 1. The number of piperidine rings is 1. The Balaban J connectivity index is 1.56. The predicted molar refractivity (Wildman–Crippen MR) is 106 cm³/mol. The summed E-state index contributed by atoms with van der Waals surface area (Å²) in [6.07, 6.45) is 1.69. The topological polar surface area (TPSA) is 66.5 Å². The van der Waals surface area contributed by atoms with Crippen LogP contribution in [-0.2, 0) is 9.84 Å². The van der Waals surface area contributed by atoms with Crippen LogP contribution in [0.4, 0.5) is 5.69 Å². The largest absolute Gasteiger partial charge is 0.371 e. The lowest BCUT2D eigenvalue weighted by Crippen LogP contribution is -2.44. The molecule has 0 radical (unpaired) electrons. The van der Waals surface area contributed by atoms with Gasteiger partial charge in [-0.05, 0) is 49.2 Å². The number of hydrogen-bond donors (Lipinski definition) is 1. The maximum atomic E-state index is 12.2. The molecule has 1 aromatic carbocycles. The molecule has 0 bridgehead atoms. The third-order valence-corrected chi connectivity index (χ3v) is 7.55. The van der Waals surface area contributed by atoms with Crippen molar-refractivity contribution >= 4 is 44.4 Å². The van der Waals surface area contributed by atoms with Crippen molar-refractivity contribution in [2.75, 3.05) is 23.7 Å². The minimum absolute atomic E-state index is 0.0746. The minimum Gasteiger partial charge on any atom is -0.371 e. The van der Waals surface area contributed by atoms with E-state index in [0.717, 1.165) is 31.6 Å². The number of thiophene rings is 1. The van der Waals surface area contributed by atoms with Crippen molar-refractivity contribution in [1.29, 1.82) is 0 Å². The molecule has 3 rings (SSSR count). The SMILES string of the molecule is CCS(=O)(=O)c1ccc(N2CCC(NC(=O)c3ccc(Cl)s3)CC2)cc1. The first kappa shape index (κ1) is 19.2. The normalized spacial score (nSPS) is 15.8. The molecule has 0 atom stereocenters. The average molecular weight is 413 g/mol. The van der Waals surface area contributed by atoms with Crippen LogP contribution in [0.3, 0.4) is 0 Å². The summed E-state index contributed by atoms with van der Waals surface area (Å²) in [6.45, 7) is 3.28. The van der Waals surface area contributed by atoms with Crippen LogP contribution in [-0.4, -0.2) is 39.2 Å². The lowest BCUT2D eigenvalue weighted by Gasteiger charge is -2.34. The van der Waals surface area contributed by atoms with E-state index in [4.69, 9.17) is 11.6 Å². The second-order valence-electron chi connectivity index (χ2n) is 6.24. The molecule has 0 saturated carbocycles. The first-order valence-corrected chi connectivity index (χ1v) is 11.4. The van der Waals surface area contributed by atoms with Gasteiger partial charge < -0.3 is 10.2 Å². The Hall–Kier alpha value is -1.57. The van der Waals surface area contributed by atoms with Crippen molar-refractivity contribution in [2.24, 2.45) is 0 Å². The van der Waals surface area contributed by atoms with E-state index in [-0.39, 0.29) is 17.7 Å². The Morgan fingerprint density at radius 3 is 2.38 bits per heavy atom. The lowest BCUT2D eigenvalue weighted by molar-refractivity contribution is 0.0935. The summed E-state index contributed by atoms with van der Waals surface area (Å²) in [7, 11) is -3.17. The molecular formula is C18H21ClN2O3S2. The second kappa shape index (κ2) is 7.98. The number of carbonyl (C=O) groups is 1. The highest BCUT2D eigenvalue weighted by Gasteiger charge is 2.22. The summed E-state index contributed by atoms with van der Waals surface area (Å²) in [4.78, 5) is 15.4. The van der Waals surface area contributed by atoms with Gasteiger partial charge in [-0.1, -0.05) is 18.5 Å². The fourth-order valence-corrected chi connectivity index (χ4v) is 4.84. The van der Waals surface area contributed by atoms with Crippen molar-refractivity contribution in [1.82, 2.24) is 5.32 Å². The highest BCUT2D eigenvalue weighted by atomic mass is 35.5. The molecule has 1 aliphatic rings. The number of benzene rings is 1. The number of rotatable bonds is 5. The van der Waals surface area contributed by atoms with Gasteiger partial charge in [-0.15, -0.1) is 11.3 Å². The van der Waals surface area contributed by atoms with Crippen LogP contribution in [0, 0.1) is 0 Å². The molecular weight excluding hydrogens is 392 g/mol. The quantitative estimate of drug-likeness (QED) is 0.814. The van der Waals surface area contributed by atoms with Crippen LogP contribution < -0.4 is 10.2 Å². The van der Waals surface area contributed by atoms with E-state index in [1.54, 1.807) is 31.2 Å². The molecule has 8 heteroatoms. The van der Waals surface area contributed by atoms with E-state index in [1.165, 1.54) is 11.3 Å². The molecule has 2 aromatic rings.